The third-order valence-corrected chi connectivity index (χ3v) is 4.80. The molecule has 25 heavy (non-hydrogen) atoms. The highest BCUT2D eigenvalue weighted by atomic mass is 35.5. The SMILES string of the molecule is COc1cccc([C@@H](CNC(=O)Cc2c(Cl)cccc2Cl)[NH+](C)C)c1. The molecule has 6 heteroatoms. The second kappa shape index (κ2) is 9.09. The van der Waals surface area contributed by atoms with Crippen molar-refractivity contribution in [3.63, 3.8) is 0 Å². The van der Waals surface area contributed by atoms with Crippen LogP contribution in [0.4, 0.5) is 0 Å². The molecule has 0 fully saturated rings. The molecule has 1 amide bonds. The second-order valence-corrected chi connectivity index (χ2v) is 6.90. The number of ether oxygens (including phenoxy) is 1. The van der Waals surface area contributed by atoms with Crippen LogP contribution in [0.15, 0.2) is 42.5 Å². The van der Waals surface area contributed by atoms with Crippen LogP contribution in [-0.4, -0.2) is 33.7 Å². The highest BCUT2D eigenvalue weighted by molar-refractivity contribution is 6.36. The van der Waals surface area contributed by atoms with Crippen LogP contribution >= 0.6 is 23.2 Å². The Morgan fingerprint density at radius 1 is 1.16 bits per heavy atom. The molecule has 2 rings (SSSR count). The summed E-state index contributed by atoms with van der Waals surface area (Å²) in [7, 11) is 5.76. The first-order valence-corrected chi connectivity index (χ1v) is 8.81. The van der Waals surface area contributed by atoms with Gasteiger partial charge < -0.3 is 15.0 Å². The van der Waals surface area contributed by atoms with Crippen molar-refractivity contribution in [2.75, 3.05) is 27.7 Å². The number of hydrogen-bond acceptors (Lipinski definition) is 2. The van der Waals surface area contributed by atoms with Crippen LogP contribution in [0.5, 0.6) is 5.75 Å². The van der Waals surface area contributed by atoms with Gasteiger partial charge in [-0.3, -0.25) is 4.79 Å². The van der Waals surface area contributed by atoms with Crippen molar-refractivity contribution in [1.29, 1.82) is 0 Å². The molecular weight excluding hydrogens is 359 g/mol. The van der Waals surface area contributed by atoms with Crippen LogP contribution in [0.3, 0.4) is 0 Å². The second-order valence-electron chi connectivity index (χ2n) is 6.09. The number of amides is 1. The first-order chi connectivity index (χ1) is 11.9. The van der Waals surface area contributed by atoms with Gasteiger partial charge >= 0.3 is 0 Å². The minimum atomic E-state index is -0.107. The lowest BCUT2D eigenvalue weighted by molar-refractivity contribution is -0.890. The number of quaternary nitrogens is 1. The van der Waals surface area contributed by atoms with E-state index in [1.165, 1.54) is 4.90 Å². The quantitative estimate of drug-likeness (QED) is 0.773. The van der Waals surface area contributed by atoms with Gasteiger partial charge in [-0.05, 0) is 29.8 Å². The number of halogens is 2. The molecule has 0 radical (unpaired) electrons. The maximum Gasteiger partial charge on any atom is 0.224 e. The van der Waals surface area contributed by atoms with E-state index >= 15 is 0 Å². The molecule has 2 aromatic rings. The standard InChI is InChI=1S/C19H22Cl2N2O2/c1-23(2)18(13-6-4-7-14(10-13)25-3)12-22-19(24)11-15-16(20)8-5-9-17(15)21/h4-10,18H,11-12H2,1-3H3,(H,22,24)/p+1/t18-/m1/s1. The monoisotopic (exact) mass is 381 g/mol. The van der Waals surface area contributed by atoms with Crippen LogP contribution in [0.2, 0.25) is 10.0 Å². The number of hydrogen-bond donors (Lipinski definition) is 2. The Hall–Kier alpha value is -1.75. The molecule has 2 aromatic carbocycles. The Balaban J connectivity index is 2.04. The van der Waals surface area contributed by atoms with Gasteiger partial charge in [-0.15, -0.1) is 0 Å². The molecule has 0 aromatic heterocycles. The number of benzene rings is 2. The van der Waals surface area contributed by atoms with E-state index in [2.05, 4.69) is 19.4 Å². The van der Waals surface area contributed by atoms with E-state index in [1.807, 2.05) is 24.3 Å². The average molecular weight is 382 g/mol. The molecule has 0 bridgehead atoms. The van der Waals surface area contributed by atoms with E-state index in [9.17, 15) is 4.79 Å². The summed E-state index contributed by atoms with van der Waals surface area (Å²) >= 11 is 12.3. The lowest BCUT2D eigenvalue weighted by Gasteiger charge is -2.22. The van der Waals surface area contributed by atoms with E-state index < -0.39 is 0 Å². The first kappa shape index (κ1) is 19.6. The van der Waals surface area contributed by atoms with E-state index in [4.69, 9.17) is 27.9 Å². The van der Waals surface area contributed by atoms with Gasteiger partial charge in [-0.2, -0.15) is 0 Å². The fourth-order valence-electron chi connectivity index (χ4n) is 2.65. The number of carbonyl (C=O) groups is 1. The number of carbonyl (C=O) groups excluding carboxylic acids is 1. The summed E-state index contributed by atoms with van der Waals surface area (Å²) < 4.78 is 5.29. The largest absolute Gasteiger partial charge is 0.497 e. The van der Waals surface area contributed by atoms with Crippen molar-refractivity contribution in [3.8, 4) is 5.75 Å². The molecule has 134 valence electrons. The van der Waals surface area contributed by atoms with Gasteiger partial charge in [0.2, 0.25) is 5.91 Å². The zero-order valence-corrected chi connectivity index (χ0v) is 16.1. The highest BCUT2D eigenvalue weighted by Gasteiger charge is 2.20. The van der Waals surface area contributed by atoms with E-state index in [1.54, 1.807) is 25.3 Å². The predicted octanol–water partition coefficient (Wildman–Crippen LogP) is 2.55. The summed E-state index contributed by atoms with van der Waals surface area (Å²) in [6.07, 6.45) is 0.159. The predicted molar refractivity (Wildman–Crippen MR) is 102 cm³/mol. The van der Waals surface area contributed by atoms with Crippen molar-refractivity contribution in [1.82, 2.24) is 5.32 Å². The zero-order valence-electron chi connectivity index (χ0n) is 14.6. The molecule has 0 heterocycles. The van der Waals surface area contributed by atoms with Gasteiger partial charge in [0.25, 0.3) is 0 Å². The first-order valence-electron chi connectivity index (χ1n) is 8.06. The third-order valence-electron chi connectivity index (χ3n) is 4.10. The molecule has 0 aliphatic rings. The van der Waals surface area contributed by atoms with E-state index in [-0.39, 0.29) is 18.4 Å². The van der Waals surface area contributed by atoms with Crippen LogP contribution in [-0.2, 0) is 11.2 Å². The molecule has 0 saturated carbocycles. The highest BCUT2D eigenvalue weighted by Crippen LogP contribution is 2.24. The van der Waals surface area contributed by atoms with Gasteiger partial charge in [0.05, 0.1) is 34.2 Å². The van der Waals surface area contributed by atoms with Gasteiger partial charge in [-0.25, -0.2) is 0 Å². The molecule has 0 aliphatic heterocycles. The number of rotatable bonds is 7. The van der Waals surface area contributed by atoms with Crippen molar-refractivity contribution in [2.24, 2.45) is 0 Å². The number of methoxy groups -OCH3 is 1. The Bertz CT molecular complexity index is 715. The van der Waals surface area contributed by atoms with Crippen LogP contribution in [0.25, 0.3) is 0 Å². The van der Waals surface area contributed by atoms with Crippen LogP contribution < -0.4 is 15.0 Å². The smallest absolute Gasteiger partial charge is 0.224 e. The van der Waals surface area contributed by atoms with Crippen LogP contribution in [0.1, 0.15) is 17.2 Å². The number of nitrogens with one attached hydrogen (secondary N) is 2. The lowest BCUT2D eigenvalue weighted by Crippen LogP contribution is -3.07. The summed E-state index contributed by atoms with van der Waals surface area (Å²) in [6.45, 7) is 0.510. The zero-order chi connectivity index (χ0) is 18.4. The summed E-state index contributed by atoms with van der Waals surface area (Å²) in [4.78, 5) is 13.5. The minimum Gasteiger partial charge on any atom is -0.497 e. The topological polar surface area (TPSA) is 42.8 Å². The average Bonchev–Trinajstić information content (AvgIpc) is 2.58. The minimum absolute atomic E-state index is 0.107. The van der Waals surface area contributed by atoms with Crippen molar-refractivity contribution < 1.29 is 14.4 Å². The normalized spacial score (nSPS) is 12.1. The fourth-order valence-corrected chi connectivity index (χ4v) is 3.18. The van der Waals surface area contributed by atoms with Crippen molar-refractivity contribution in [2.45, 2.75) is 12.5 Å². The summed E-state index contributed by atoms with van der Waals surface area (Å²) in [6, 6.07) is 13.2. The summed E-state index contributed by atoms with van der Waals surface area (Å²) in [5.41, 5.74) is 1.76. The molecule has 0 saturated heterocycles. The Kier molecular flexibility index (Phi) is 7.12. The third kappa shape index (κ3) is 5.36. The van der Waals surface area contributed by atoms with Crippen molar-refractivity contribution >= 4 is 29.1 Å². The molecular formula is C19H23Cl2N2O2+. The van der Waals surface area contributed by atoms with E-state index in [0.717, 1.165) is 11.3 Å². The van der Waals surface area contributed by atoms with E-state index in [0.29, 0.717) is 22.2 Å². The molecule has 0 unspecified atom stereocenters. The number of likely N-dealkylation sites (N-methyl/N-ethyl adjacent to an activating group) is 1. The Labute approximate surface area is 158 Å². The molecule has 2 N–H and O–H groups in total. The fraction of sp³-hybridized carbons (Fsp3) is 0.316. The summed E-state index contributed by atoms with van der Waals surface area (Å²) in [5.74, 6) is 0.696. The molecule has 4 nitrogen and oxygen atoms in total. The van der Waals surface area contributed by atoms with Gasteiger partial charge in [-0.1, -0.05) is 41.4 Å². The van der Waals surface area contributed by atoms with Gasteiger partial charge in [0.15, 0.2) is 0 Å². The Morgan fingerprint density at radius 2 is 1.80 bits per heavy atom. The summed E-state index contributed by atoms with van der Waals surface area (Å²) in [5, 5.41) is 3.99. The molecule has 0 aliphatic carbocycles. The van der Waals surface area contributed by atoms with Crippen LogP contribution in [0, 0.1) is 0 Å². The molecule has 0 spiro atoms. The Morgan fingerprint density at radius 3 is 2.40 bits per heavy atom. The lowest BCUT2D eigenvalue weighted by atomic mass is 10.1. The van der Waals surface area contributed by atoms with Gasteiger partial charge in [0, 0.05) is 15.6 Å². The maximum atomic E-state index is 12.3. The maximum absolute atomic E-state index is 12.3. The molecule has 1 atom stereocenters. The van der Waals surface area contributed by atoms with Gasteiger partial charge in [0.1, 0.15) is 11.8 Å². The van der Waals surface area contributed by atoms with Crippen molar-refractivity contribution in [3.05, 3.63) is 63.6 Å².